The number of carbonyl (C=O) groups excluding carboxylic acids is 1. The Labute approximate surface area is 341 Å². The number of nitrogens with one attached hydrogen (secondary N) is 1. The van der Waals surface area contributed by atoms with E-state index in [0.29, 0.717) is 39.6 Å². The zero-order chi connectivity index (χ0) is 37.6. The van der Waals surface area contributed by atoms with Crippen molar-refractivity contribution < 1.29 is 64.0 Å². The number of anilines is 2. The Morgan fingerprint density at radius 2 is 1.48 bits per heavy atom. The average Bonchev–Trinajstić information content (AvgIpc) is 3.52. The summed E-state index contributed by atoms with van der Waals surface area (Å²) in [5, 5.41) is 31.2. The first kappa shape index (κ1) is 44.8. The van der Waals surface area contributed by atoms with E-state index in [4.69, 9.17) is 49.8 Å². The van der Waals surface area contributed by atoms with E-state index in [0.717, 1.165) is 29.2 Å². The molecule has 1 aliphatic heterocycles. The van der Waals surface area contributed by atoms with Crippen molar-refractivity contribution >= 4 is 64.1 Å². The molecule has 4 aromatic carbocycles. The topological polar surface area (TPSA) is 139 Å². The van der Waals surface area contributed by atoms with Gasteiger partial charge in [0.2, 0.25) is 0 Å². The fraction of sp³-hybridized carbons (Fsp3) is 0.256. The van der Waals surface area contributed by atoms with Gasteiger partial charge in [0.15, 0.2) is 0 Å². The van der Waals surface area contributed by atoms with Gasteiger partial charge in [0.1, 0.15) is 5.60 Å². The van der Waals surface area contributed by atoms with Crippen LogP contribution < -0.4 is 40.0 Å². The second kappa shape index (κ2) is 22.0. The van der Waals surface area contributed by atoms with E-state index in [2.05, 4.69) is 60.6 Å². The van der Waals surface area contributed by atoms with Crippen LogP contribution in [0.15, 0.2) is 103 Å². The van der Waals surface area contributed by atoms with Crippen LogP contribution in [-0.4, -0.2) is 59.3 Å². The molecule has 0 spiro atoms. The van der Waals surface area contributed by atoms with Gasteiger partial charge in [-0.1, -0.05) is 102 Å². The molecule has 1 saturated heterocycles. The van der Waals surface area contributed by atoms with Crippen molar-refractivity contribution in [3.63, 3.8) is 0 Å². The number of carboxylic acid groups (broad SMARTS) is 3. The number of aliphatic carboxylic acids is 2. The van der Waals surface area contributed by atoms with E-state index in [1.165, 1.54) is 31.0 Å². The van der Waals surface area contributed by atoms with Gasteiger partial charge in [-0.05, 0) is 87.7 Å². The minimum absolute atomic E-state index is 0. The number of carboxylic acids is 3. The molecule has 9 nitrogen and oxygen atoms in total. The molecule has 0 aromatic heterocycles. The van der Waals surface area contributed by atoms with E-state index >= 15 is 0 Å². The molecule has 4 aromatic rings. The number of ether oxygens (including phenoxy) is 1. The van der Waals surface area contributed by atoms with E-state index in [9.17, 15) is 19.5 Å². The van der Waals surface area contributed by atoms with Crippen LogP contribution in [0.4, 0.5) is 11.4 Å². The van der Waals surface area contributed by atoms with Gasteiger partial charge < -0.3 is 35.1 Å². The summed E-state index contributed by atoms with van der Waals surface area (Å²) >= 11 is 18.3. The number of aromatic carboxylic acids is 1. The van der Waals surface area contributed by atoms with Crippen molar-refractivity contribution in [2.45, 2.75) is 44.8 Å². The number of aryl methyl sites for hydroxylation is 1. The van der Waals surface area contributed by atoms with Gasteiger partial charge in [-0.25, -0.2) is 9.59 Å². The Kier molecular flexibility index (Phi) is 18.9. The molecule has 0 radical (unpaired) electrons. The van der Waals surface area contributed by atoms with Crippen LogP contribution in [0.5, 0.6) is 0 Å². The molecule has 13 heteroatoms. The molecule has 5 rings (SSSR count). The first-order valence-corrected chi connectivity index (χ1v) is 17.2. The minimum atomic E-state index is -1.26. The molecule has 3 N–H and O–H groups in total. The van der Waals surface area contributed by atoms with E-state index < -0.39 is 23.5 Å². The van der Waals surface area contributed by atoms with Crippen LogP contribution in [0.25, 0.3) is 0 Å². The van der Waals surface area contributed by atoms with Gasteiger partial charge in [-0.15, -0.1) is 0 Å². The summed E-state index contributed by atoms with van der Waals surface area (Å²) in [5.41, 5.74) is 3.62. The van der Waals surface area contributed by atoms with E-state index in [1.54, 1.807) is 30.3 Å². The summed E-state index contributed by atoms with van der Waals surface area (Å²) in [7, 11) is 2.22. The zero-order valence-electron chi connectivity index (χ0n) is 29.4. The molecular weight excluding hydrogens is 738 g/mol. The monoisotopic (exact) mass is 776 g/mol. The van der Waals surface area contributed by atoms with Crippen molar-refractivity contribution in [3.8, 4) is 0 Å². The SMILES string of the molecule is CN1CCCC1CCOC(C)(c1ccccc1)c1ccc(Cl)cc1.Cc1ccc(Cl)c(Nc2ccccc2C(=O)[O-])c1Cl.O=C(O)C=CC(=O)O.[Na+]. The average molecular weight is 778 g/mol. The number of hydrogen-bond acceptors (Lipinski definition) is 7. The standard InChI is InChI=1S/C21H26ClNO.C14H11Cl2NO2.C4H4O4.Na/c1-21(17-7-4-3-5-8-17,18-10-12-19(22)13-11-18)24-16-14-20-9-6-15-23(20)2;1-8-6-7-10(15)13(12(8)16)17-11-5-3-2-4-9(11)14(18)19;5-3(6)1-2-4(7)8;/h3-5,7-8,10-13,20H,6,9,14-16H2,1-2H3;2-7,17H,1H3,(H,18,19);1-2H,(H,5,6)(H,7,8);/q;;;+1/p-1. The summed E-state index contributed by atoms with van der Waals surface area (Å²) in [6.45, 7) is 5.96. The van der Waals surface area contributed by atoms with Crippen LogP contribution in [0.3, 0.4) is 0 Å². The van der Waals surface area contributed by atoms with Crippen LogP contribution in [0.1, 0.15) is 53.2 Å². The summed E-state index contributed by atoms with van der Waals surface area (Å²) < 4.78 is 6.48. The number of carbonyl (C=O) groups is 3. The van der Waals surface area contributed by atoms with Crippen molar-refractivity contribution in [1.82, 2.24) is 4.90 Å². The third-order valence-electron chi connectivity index (χ3n) is 8.29. The maximum absolute atomic E-state index is 11.0. The van der Waals surface area contributed by atoms with Crippen molar-refractivity contribution in [3.05, 3.63) is 140 Å². The molecule has 1 aliphatic rings. The fourth-order valence-electron chi connectivity index (χ4n) is 5.42. The molecule has 2 unspecified atom stereocenters. The number of likely N-dealkylation sites (tertiary alicyclic amines) is 1. The summed E-state index contributed by atoms with van der Waals surface area (Å²) in [6, 6.07) is 29.0. The third kappa shape index (κ3) is 13.5. The normalized spacial score (nSPS) is 14.8. The third-order valence-corrected chi connectivity index (χ3v) is 9.35. The Balaban J connectivity index is 0.000000299. The molecule has 0 bridgehead atoms. The van der Waals surface area contributed by atoms with E-state index in [-0.39, 0.29) is 35.1 Å². The largest absolute Gasteiger partial charge is 1.00 e. The van der Waals surface area contributed by atoms with Crippen molar-refractivity contribution in [2.75, 3.05) is 25.5 Å². The Morgan fingerprint density at radius 1 is 0.904 bits per heavy atom. The number of halogens is 3. The smallest absolute Gasteiger partial charge is 0.545 e. The summed E-state index contributed by atoms with van der Waals surface area (Å²) in [4.78, 5) is 32.6. The predicted molar refractivity (Wildman–Crippen MR) is 200 cm³/mol. The van der Waals surface area contributed by atoms with Gasteiger partial charge in [0, 0.05) is 41.1 Å². The number of nitrogens with zero attached hydrogens (tertiary/aromatic N) is 1. The zero-order valence-corrected chi connectivity index (χ0v) is 33.7. The molecule has 270 valence electrons. The van der Waals surface area contributed by atoms with Gasteiger partial charge in [-0.3, -0.25) is 0 Å². The predicted octanol–water partition coefficient (Wildman–Crippen LogP) is 5.23. The number of para-hydroxylation sites is 1. The summed E-state index contributed by atoms with van der Waals surface area (Å²) in [5.74, 6) is -3.78. The van der Waals surface area contributed by atoms with Gasteiger partial charge in [0.05, 0.1) is 21.7 Å². The first-order chi connectivity index (χ1) is 24.2. The molecule has 2 atom stereocenters. The van der Waals surface area contributed by atoms with E-state index in [1.807, 2.05) is 25.1 Å². The molecule has 1 heterocycles. The second-order valence-corrected chi connectivity index (χ2v) is 13.1. The van der Waals surface area contributed by atoms with Crippen LogP contribution in [-0.2, 0) is 19.9 Å². The number of hydrogen-bond donors (Lipinski definition) is 3. The Hall–Kier alpha value is -3.38. The first-order valence-electron chi connectivity index (χ1n) is 16.0. The molecule has 0 aliphatic carbocycles. The quantitative estimate of drug-likeness (QED) is 0.138. The number of benzene rings is 4. The maximum atomic E-state index is 11.0. The molecule has 52 heavy (non-hydrogen) atoms. The van der Waals surface area contributed by atoms with Gasteiger partial charge >= 0.3 is 41.5 Å². The van der Waals surface area contributed by atoms with Crippen molar-refractivity contribution in [1.29, 1.82) is 0 Å². The molecule has 0 saturated carbocycles. The van der Waals surface area contributed by atoms with Crippen LogP contribution in [0.2, 0.25) is 15.1 Å². The molecule has 0 amide bonds. The Morgan fingerprint density at radius 3 is 2.04 bits per heavy atom. The van der Waals surface area contributed by atoms with Gasteiger partial charge in [0.25, 0.3) is 0 Å². The fourth-order valence-corrected chi connectivity index (χ4v) is 6.01. The minimum Gasteiger partial charge on any atom is -0.545 e. The molecular formula is C39H40Cl3N2NaO7. The van der Waals surface area contributed by atoms with Crippen LogP contribution >= 0.6 is 34.8 Å². The molecule has 1 fully saturated rings. The van der Waals surface area contributed by atoms with Gasteiger partial charge in [-0.2, -0.15) is 0 Å². The van der Waals surface area contributed by atoms with Crippen molar-refractivity contribution in [2.24, 2.45) is 0 Å². The number of rotatable bonds is 11. The van der Waals surface area contributed by atoms with Crippen LogP contribution in [0, 0.1) is 6.92 Å². The summed E-state index contributed by atoms with van der Waals surface area (Å²) in [6.07, 6.45) is 4.77. The Bertz CT molecular complexity index is 1790. The second-order valence-electron chi connectivity index (χ2n) is 11.8. The maximum Gasteiger partial charge on any atom is 1.00 e.